The van der Waals surface area contributed by atoms with Crippen LogP contribution in [0.1, 0.15) is 56.3 Å². The van der Waals surface area contributed by atoms with Crippen LogP contribution in [0, 0.1) is 0 Å². The molecule has 0 aliphatic carbocycles. The number of hydrogen-bond acceptors (Lipinski definition) is 2. The number of ketones is 1. The first-order chi connectivity index (χ1) is 9.15. The van der Waals surface area contributed by atoms with Gasteiger partial charge >= 0.3 is 0 Å². The number of ether oxygens (including phenoxy) is 1. The van der Waals surface area contributed by atoms with Crippen LogP contribution >= 0.6 is 11.6 Å². The lowest BCUT2D eigenvalue weighted by molar-refractivity contribution is 0.0483. The normalized spacial score (nSPS) is 12.4. The van der Waals surface area contributed by atoms with E-state index in [-0.39, 0.29) is 18.5 Å². The van der Waals surface area contributed by atoms with Crippen LogP contribution in [0.5, 0.6) is 0 Å². The summed E-state index contributed by atoms with van der Waals surface area (Å²) in [5.41, 5.74) is 0.544. The van der Waals surface area contributed by atoms with Gasteiger partial charge in [-0.25, -0.2) is 0 Å². The molecule has 0 bridgehead atoms. The third-order valence-corrected chi connectivity index (χ3v) is 3.47. The molecule has 0 heterocycles. The molecule has 0 aliphatic rings. The van der Waals surface area contributed by atoms with Gasteiger partial charge in [-0.1, -0.05) is 56.3 Å². The minimum absolute atomic E-state index is 0.0500. The van der Waals surface area contributed by atoms with E-state index in [4.69, 9.17) is 16.3 Å². The van der Waals surface area contributed by atoms with Crippen molar-refractivity contribution >= 4 is 17.4 Å². The largest absolute Gasteiger partial charge is 0.370 e. The average molecular weight is 283 g/mol. The van der Waals surface area contributed by atoms with Crippen LogP contribution in [0.25, 0.3) is 0 Å². The number of benzene rings is 1. The number of Topliss-reactive ketones (excluding diaryl/α,β-unsaturated/α-hetero) is 1. The van der Waals surface area contributed by atoms with Crippen molar-refractivity contribution in [1.82, 2.24) is 0 Å². The van der Waals surface area contributed by atoms with E-state index in [9.17, 15) is 4.79 Å². The molecule has 2 nitrogen and oxygen atoms in total. The topological polar surface area (TPSA) is 26.3 Å². The summed E-state index contributed by atoms with van der Waals surface area (Å²) in [5, 5.41) is 0.492. The van der Waals surface area contributed by atoms with Crippen LogP contribution in [0.2, 0.25) is 5.02 Å². The Balaban J connectivity index is 2.28. The first-order valence-electron chi connectivity index (χ1n) is 7.04. The Bertz CT molecular complexity index is 390. The van der Waals surface area contributed by atoms with Gasteiger partial charge in [-0.3, -0.25) is 4.79 Å². The SMILES string of the molecule is CCCCCCC(C)OCC(=O)c1ccccc1Cl. The van der Waals surface area contributed by atoms with E-state index >= 15 is 0 Å². The summed E-state index contributed by atoms with van der Waals surface area (Å²) in [5.74, 6) is -0.0500. The summed E-state index contributed by atoms with van der Waals surface area (Å²) >= 11 is 5.98. The van der Waals surface area contributed by atoms with E-state index in [1.54, 1.807) is 12.1 Å². The fourth-order valence-corrected chi connectivity index (χ4v) is 2.17. The van der Waals surface area contributed by atoms with Gasteiger partial charge in [0.15, 0.2) is 5.78 Å². The summed E-state index contributed by atoms with van der Waals surface area (Å²) in [4.78, 5) is 11.9. The van der Waals surface area contributed by atoms with E-state index in [0.29, 0.717) is 10.6 Å². The quantitative estimate of drug-likeness (QED) is 0.476. The number of rotatable bonds is 9. The third-order valence-electron chi connectivity index (χ3n) is 3.14. The lowest BCUT2D eigenvalue weighted by atomic mass is 10.1. The minimum Gasteiger partial charge on any atom is -0.370 e. The van der Waals surface area contributed by atoms with Gasteiger partial charge in [0.2, 0.25) is 0 Å². The maximum Gasteiger partial charge on any atom is 0.189 e. The molecule has 1 aromatic carbocycles. The molecule has 19 heavy (non-hydrogen) atoms. The molecule has 3 heteroatoms. The zero-order chi connectivity index (χ0) is 14.1. The number of carbonyl (C=O) groups is 1. The van der Waals surface area contributed by atoms with Crippen LogP contribution in [-0.2, 0) is 4.74 Å². The van der Waals surface area contributed by atoms with Crippen molar-refractivity contribution in [2.45, 2.75) is 52.1 Å². The van der Waals surface area contributed by atoms with Gasteiger partial charge in [-0.15, -0.1) is 0 Å². The second-order valence-corrected chi connectivity index (χ2v) is 5.28. The summed E-state index contributed by atoms with van der Waals surface area (Å²) in [7, 11) is 0. The minimum atomic E-state index is -0.0500. The van der Waals surface area contributed by atoms with Crippen molar-refractivity contribution < 1.29 is 9.53 Å². The molecule has 0 saturated carbocycles. The van der Waals surface area contributed by atoms with Gasteiger partial charge in [0, 0.05) is 5.56 Å². The van der Waals surface area contributed by atoms with Crippen molar-refractivity contribution in [2.75, 3.05) is 6.61 Å². The highest BCUT2D eigenvalue weighted by Crippen LogP contribution is 2.16. The van der Waals surface area contributed by atoms with Crippen LogP contribution in [-0.4, -0.2) is 18.5 Å². The fraction of sp³-hybridized carbons (Fsp3) is 0.562. The van der Waals surface area contributed by atoms with Crippen molar-refractivity contribution in [3.8, 4) is 0 Å². The highest BCUT2D eigenvalue weighted by atomic mass is 35.5. The zero-order valence-electron chi connectivity index (χ0n) is 11.8. The standard InChI is InChI=1S/C16H23ClO2/c1-3-4-5-6-9-13(2)19-12-16(18)14-10-7-8-11-15(14)17/h7-8,10-11,13H,3-6,9,12H2,1-2H3. The summed E-state index contributed by atoms with van der Waals surface area (Å²) < 4.78 is 5.59. The first-order valence-corrected chi connectivity index (χ1v) is 7.42. The fourth-order valence-electron chi connectivity index (χ4n) is 1.92. The average Bonchev–Trinajstić information content (AvgIpc) is 2.41. The van der Waals surface area contributed by atoms with E-state index in [1.165, 1.54) is 19.3 Å². The van der Waals surface area contributed by atoms with Gasteiger partial charge in [0.05, 0.1) is 11.1 Å². The molecule has 1 unspecified atom stereocenters. The van der Waals surface area contributed by atoms with Gasteiger partial charge in [0.25, 0.3) is 0 Å². The van der Waals surface area contributed by atoms with Crippen LogP contribution < -0.4 is 0 Å². The molecule has 0 amide bonds. The smallest absolute Gasteiger partial charge is 0.189 e. The van der Waals surface area contributed by atoms with E-state index < -0.39 is 0 Å². The molecule has 0 spiro atoms. The Kier molecular flexibility index (Phi) is 7.76. The molecule has 0 N–H and O–H groups in total. The molecule has 1 aromatic rings. The van der Waals surface area contributed by atoms with E-state index in [0.717, 1.165) is 12.8 Å². The lowest BCUT2D eigenvalue weighted by Crippen LogP contribution is -2.16. The molecular formula is C16H23ClO2. The Morgan fingerprint density at radius 2 is 2.00 bits per heavy atom. The lowest BCUT2D eigenvalue weighted by Gasteiger charge is -2.12. The highest BCUT2D eigenvalue weighted by molar-refractivity contribution is 6.34. The number of halogens is 1. The Labute approximate surface area is 121 Å². The molecule has 0 radical (unpaired) electrons. The van der Waals surface area contributed by atoms with Gasteiger partial charge in [-0.05, 0) is 25.5 Å². The summed E-state index contributed by atoms with van der Waals surface area (Å²) in [6.45, 7) is 4.33. The molecule has 0 aromatic heterocycles. The van der Waals surface area contributed by atoms with Crippen molar-refractivity contribution in [3.05, 3.63) is 34.9 Å². The molecule has 106 valence electrons. The Morgan fingerprint density at radius 3 is 2.68 bits per heavy atom. The second-order valence-electron chi connectivity index (χ2n) is 4.87. The first kappa shape index (κ1) is 16.2. The number of unbranched alkanes of at least 4 members (excludes halogenated alkanes) is 3. The molecule has 1 atom stereocenters. The van der Waals surface area contributed by atoms with E-state index in [2.05, 4.69) is 6.92 Å². The highest BCUT2D eigenvalue weighted by Gasteiger charge is 2.11. The maximum absolute atomic E-state index is 11.9. The van der Waals surface area contributed by atoms with Gasteiger partial charge in [-0.2, -0.15) is 0 Å². The summed E-state index contributed by atoms with van der Waals surface area (Å²) in [6, 6.07) is 7.09. The van der Waals surface area contributed by atoms with Gasteiger partial charge < -0.3 is 4.74 Å². The summed E-state index contributed by atoms with van der Waals surface area (Å²) in [6.07, 6.45) is 6.04. The molecule has 0 aliphatic heterocycles. The molecule has 1 rings (SSSR count). The molecule has 0 saturated heterocycles. The second kappa shape index (κ2) is 9.11. The van der Waals surface area contributed by atoms with Crippen LogP contribution in [0.3, 0.4) is 0 Å². The molecule has 0 fully saturated rings. The molecular weight excluding hydrogens is 260 g/mol. The van der Waals surface area contributed by atoms with Crippen molar-refractivity contribution in [1.29, 1.82) is 0 Å². The van der Waals surface area contributed by atoms with Crippen LogP contribution in [0.15, 0.2) is 24.3 Å². The maximum atomic E-state index is 11.9. The zero-order valence-corrected chi connectivity index (χ0v) is 12.6. The monoisotopic (exact) mass is 282 g/mol. The predicted molar refractivity (Wildman–Crippen MR) is 80.0 cm³/mol. The van der Waals surface area contributed by atoms with Crippen LogP contribution in [0.4, 0.5) is 0 Å². The number of hydrogen-bond donors (Lipinski definition) is 0. The van der Waals surface area contributed by atoms with E-state index in [1.807, 2.05) is 19.1 Å². The predicted octanol–water partition coefficient (Wildman–Crippen LogP) is 4.90. The Morgan fingerprint density at radius 1 is 1.26 bits per heavy atom. The number of carbonyl (C=O) groups excluding carboxylic acids is 1. The Hall–Kier alpha value is -0.860. The van der Waals surface area contributed by atoms with Crippen molar-refractivity contribution in [2.24, 2.45) is 0 Å². The van der Waals surface area contributed by atoms with Gasteiger partial charge in [0.1, 0.15) is 6.61 Å². The van der Waals surface area contributed by atoms with Crippen molar-refractivity contribution in [3.63, 3.8) is 0 Å². The third kappa shape index (κ3) is 6.22.